The summed E-state index contributed by atoms with van der Waals surface area (Å²) in [7, 11) is 0. The zero-order valence-corrected chi connectivity index (χ0v) is 13.0. The van der Waals surface area contributed by atoms with Crippen molar-refractivity contribution in [3.05, 3.63) is 57.8 Å². The first-order valence-electron chi connectivity index (χ1n) is 7.30. The highest BCUT2D eigenvalue weighted by atomic mass is 32.1. The van der Waals surface area contributed by atoms with Crippen molar-refractivity contribution in [2.24, 2.45) is 0 Å². The Morgan fingerprint density at radius 2 is 2.14 bits per heavy atom. The van der Waals surface area contributed by atoms with Gasteiger partial charge in [0.05, 0.1) is 6.04 Å². The first-order valence-corrected chi connectivity index (χ1v) is 8.18. The van der Waals surface area contributed by atoms with Crippen LogP contribution in [0.5, 0.6) is 0 Å². The minimum Gasteiger partial charge on any atom is -0.337 e. The molecule has 4 nitrogen and oxygen atoms in total. The van der Waals surface area contributed by atoms with Gasteiger partial charge in [-0.2, -0.15) is 5.26 Å². The van der Waals surface area contributed by atoms with E-state index < -0.39 is 0 Å². The number of likely N-dealkylation sites (tertiary alicyclic amines) is 1. The first kappa shape index (κ1) is 14.8. The predicted molar refractivity (Wildman–Crippen MR) is 86.1 cm³/mol. The Balaban J connectivity index is 1.54. The van der Waals surface area contributed by atoms with E-state index in [9.17, 15) is 4.79 Å². The molecule has 1 amide bonds. The number of carbonyl (C=O) groups excluding carboxylic acids is 1. The Labute approximate surface area is 134 Å². The van der Waals surface area contributed by atoms with Crippen LogP contribution >= 0.6 is 11.3 Å². The summed E-state index contributed by atoms with van der Waals surface area (Å²) >= 11 is 1.43. The number of thiophene rings is 1. The van der Waals surface area contributed by atoms with Gasteiger partial charge in [0.15, 0.2) is 0 Å². The van der Waals surface area contributed by atoms with E-state index in [0.29, 0.717) is 18.0 Å². The van der Waals surface area contributed by atoms with Gasteiger partial charge in [-0.3, -0.25) is 4.79 Å². The minimum absolute atomic E-state index is 0.103. The van der Waals surface area contributed by atoms with E-state index >= 15 is 0 Å². The molecule has 0 spiro atoms. The highest BCUT2D eigenvalue weighted by Gasteiger charge is 2.31. The average Bonchev–Trinajstić information content (AvgIpc) is 3.15. The molecule has 0 radical (unpaired) electrons. The van der Waals surface area contributed by atoms with Gasteiger partial charge < -0.3 is 10.2 Å². The summed E-state index contributed by atoms with van der Waals surface area (Å²) in [6.45, 7) is 2.08. The van der Waals surface area contributed by atoms with Crippen LogP contribution < -0.4 is 5.32 Å². The van der Waals surface area contributed by atoms with Gasteiger partial charge in [-0.25, -0.2) is 0 Å². The van der Waals surface area contributed by atoms with Crippen molar-refractivity contribution in [3.63, 3.8) is 0 Å². The Bertz CT molecular complexity index is 689. The maximum absolute atomic E-state index is 12.4. The van der Waals surface area contributed by atoms with Gasteiger partial charge in [0, 0.05) is 19.6 Å². The molecule has 5 heteroatoms. The molecule has 2 heterocycles. The van der Waals surface area contributed by atoms with Crippen LogP contribution in [0.25, 0.3) is 0 Å². The molecule has 1 atom stereocenters. The topological polar surface area (TPSA) is 56.1 Å². The van der Waals surface area contributed by atoms with Crippen LogP contribution in [0.3, 0.4) is 0 Å². The summed E-state index contributed by atoms with van der Waals surface area (Å²) in [4.78, 5) is 15.0. The largest absolute Gasteiger partial charge is 0.337 e. The number of hydrogen-bond acceptors (Lipinski definition) is 4. The van der Waals surface area contributed by atoms with E-state index in [1.165, 1.54) is 16.9 Å². The standard InChI is InChI=1S/C17H17N3OS/c18-9-15-8-14(12-22-15)11-20-7-6-16(17(20)21)19-10-13-4-2-1-3-5-13/h1-5,8,12,16,19H,6-7,10-11H2/t16-/m0/s1. The molecule has 112 valence electrons. The third-order valence-electron chi connectivity index (χ3n) is 3.83. The summed E-state index contributed by atoms with van der Waals surface area (Å²) in [5.41, 5.74) is 2.23. The minimum atomic E-state index is -0.103. The summed E-state index contributed by atoms with van der Waals surface area (Å²) in [6, 6.07) is 14.0. The van der Waals surface area contributed by atoms with Gasteiger partial charge in [-0.15, -0.1) is 11.3 Å². The van der Waals surface area contributed by atoms with Gasteiger partial charge in [0.1, 0.15) is 10.9 Å². The number of nitriles is 1. The predicted octanol–water partition coefficient (Wildman–Crippen LogP) is 2.51. The van der Waals surface area contributed by atoms with Crippen molar-refractivity contribution >= 4 is 17.2 Å². The number of amides is 1. The third kappa shape index (κ3) is 3.35. The summed E-state index contributed by atoms with van der Waals surface area (Å²) in [6.07, 6.45) is 0.834. The fraction of sp³-hybridized carbons (Fsp3) is 0.294. The molecule has 1 N–H and O–H groups in total. The molecule has 1 aromatic heterocycles. The summed E-state index contributed by atoms with van der Waals surface area (Å²) in [5, 5.41) is 14.1. The van der Waals surface area contributed by atoms with E-state index in [4.69, 9.17) is 5.26 Å². The lowest BCUT2D eigenvalue weighted by molar-refractivity contribution is -0.129. The van der Waals surface area contributed by atoms with Crippen molar-refractivity contribution in [2.45, 2.75) is 25.6 Å². The maximum atomic E-state index is 12.4. The van der Waals surface area contributed by atoms with Crippen molar-refractivity contribution in [3.8, 4) is 6.07 Å². The lowest BCUT2D eigenvalue weighted by atomic mass is 10.2. The molecule has 3 rings (SSSR count). The number of carbonyl (C=O) groups is 1. The van der Waals surface area contributed by atoms with Crippen molar-refractivity contribution < 1.29 is 4.79 Å². The lowest BCUT2D eigenvalue weighted by Crippen LogP contribution is -2.37. The quantitative estimate of drug-likeness (QED) is 0.923. The molecule has 22 heavy (non-hydrogen) atoms. The normalized spacial score (nSPS) is 17.7. The third-order valence-corrected chi connectivity index (χ3v) is 4.71. The molecule has 0 saturated carbocycles. The fourth-order valence-electron chi connectivity index (χ4n) is 2.66. The molecule has 1 saturated heterocycles. The highest BCUT2D eigenvalue weighted by molar-refractivity contribution is 7.10. The van der Waals surface area contributed by atoms with Crippen LogP contribution in [0.15, 0.2) is 41.8 Å². The van der Waals surface area contributed by atoms with Crippen LogP contribution in [0.2, 0.25) is 0 Å². The Morgan fingerprint density at radius 3 is 2.86 bits per heavy atom. The summed E-state index contributed by atoms with van der Waals surface area (Å²) < 4.78 is 0. The Morgan fingerprint density at radius 1 is 1.32 bits per heavy atom. The zero-order chi connectivity index (χ0) is 15.4. The second-order valence-electron chi connectivity index (χ2n) is 5.40. The van der Waals surface area contributed by atoms with Crippen molar-refractivity contribution in [1.82, 2.24) is 10.2 Å². The van der Waals surface area contributed by atoms with Gasteiger partial charge in [0.25, 0.3) is 0 Å². The highest BCUT2D eigenvalue weighted by Crippen LogP contribution is 2.19. The maximum Gasteiger partial charge on any atom is 0.240 e. The van der Waals surface area contributed by atoms with Gasteiger partial charge >= 0.3 is 0 Å². The number of nitrogens with zero attached hydrogens (tertiary/aromatic N) is 2. The average molecular weight is 311 g/mol. The monoisotopic (exact) mass is 311 g/mol. The van der Waals surface area contributed by atoms with E-state index in [1.807, 2.05) is 34.5 Å². The van der Waals surface area contributed by atoms with Gasteiger partial charge in [-0.05, 0) is 29.0 Å². The molecule has 0 aliphatic carbocycles. The van der Waals surface area contributed by atoms with E-state index in [-0.39, 0.29) is 11.9 Å². The van der Waals surface area contributed by atoms with Crippen molar-refractivity contribution in [1.29, 1.82) is 5.26 Å². The van der Waals surface area contributed by atoms with Crippen LogP contribution in [0.4, 0.5) is 0 Å². The first-order chi connectivity index (χ1) is 10.8. The van der Waals surface area contributed by atoms with Crippen LogP contribution in [0, 0.1) is 11.3 Å². The molecule has 2 aromatic rings. The van der Waals surface area contributed by atoms with Crippen LogP contribution in [0.1, 0.15) is 22.4 Å². The Hall–Kier alpha value is -2.16. The molecular weight excluding hydrogens is 294 g/mol. The molecule has 0 unspecified atom stereocenters. The van der Waals surface area contributed by atoms with E-state index in [1.54, 1.807) is 0 Å². The van der Waals surface area contributed by atoms with E-state index in [0.717, 1.165) is 18.5 Å². The molecule has 1 aliphatic rings. The van der Waals surface area contributed by atoms with Crippen LogP contribution in [-0.4, -0.2) is 23.4 Å². The molecule has 1 aromatic carbocycles. The number of benzene rings is 1. The SMILES string of the molecule is N#Cc1cc(CN2CC[C@H](NCc3ccccc3)C2=O)cs1. The molecular formula is C17H17N3OS. The molecule has 0 bridgehead atoms. The van der Waals surface area contributed by atoms with E-state index in [2.05, 4.69) is 23.5 Å². The van der Waals surface area contributed by atoms with Crippen LogP contribution in [-0.2, 0) is 17.9 Å². The molecule has 1 fully saturated rings. The summed E-state index contributed by atoms with van der Waals surface area (Å²) in [5.74, 6) is 0.153. The fourth-order valence-corrected chi connectivity index (χ4v) is 3.35. The molecule has 1 aliphatic heterocycles. The second kappa shape index (κ2) is 6.73. The van der Waals surface area contributed by atoms with Gasteiger partial charge in [0.2, 0.25) is 5.91 Å². The van der Waals surface area contributed by atoms with Gasteiger partial charge in [-0.1, -0.05) is 30.3 Å². The number of nitrogens with one attached hydrogen (secondary N) is 1. The lowest BCUT2D eigenvalue weighted by Gasteiger charge is -2.16. The zero-order valence-electron chi connectivity index (χ0n) is 12.2. The number of rotatable bonds is 5. The Kier molecular flexibility index (Phi) is 4.52. The van der Waals surface area contributed by atoms with Crippen molar-refractivity contribution in [2.75, 3.05) is 6.54 Å². The smallest absolute Gasteiger partial charge is 0.240 e. The second-order valence-corrected chi connectivity index (χ2v) is 6.31. The number of hydrogen-bond donors (Lipinski definition) is 1.